The Morgan fingerprint density at radius 1 is 1.50 bits per heavy atom. The molecule has 0 radical (unpaired) electrons. The van der Waals surface area contributed by atoms with Crippen molar-refractivity contribution < 1.29 is 4.74 Å². The van der Waals surface area contributed by atoms with Crippen LogP contribution in [0.1, 0.15) is 12.0 Å². The van der Waals surface area contributed by atoms with Gasteiger partial charge in [0.1, 0.15) is 5.75 Å². The summed E-state index contributed by atoms with van der Waals surface area (Å²) in [5.41, 5.74) is 7.59. The molecule has 2 N–H and O–H groups in total. The molecule has 1 aromatic carbocycles. The molecule has 0 aliphatic heterocycles. The summed E-state index contributed by atoms with van der Waals surface area (Å²) in [6, 6.07) is 5.67. The van der Waals surface area contributed by atoms with E-state index in [2.05, 4.69) is 18.7 Å². The molecule has 0 aliphatic rings. The summed E-state index contributed by atoms with van der Waals surface area (Å²) in [4.78, 5) is 0. The summed E-state index contributed by atoms with van der Waals surface area (Å²) in [6.45, 7) is 0. The Bertz CT molecular complexity index is 323. The molecule has 0 atom stereocenters. The largest absolute Gasteiger partial charge is 0.497 e. The van der Waals surface area contributed by atoms with E-state index in [-0.39, 0.29) is 0 Å². The lowest BCUT2D eigenvalue weighted by molar-refractivity contribution is 0.415. The van der Waals surface area contributed by atoms with Crippen LogP contribution in [0.25, 0.3) is 6.08 Å². The molecule has 1 rings (SSSR count). The van der Waals surface area contributed by atoms with E-state index in [1.54, 1.807) is 7.11 Å². The molecule has 0 aromatic heterocycles. The third-order valence-corrected chi connectivity index (χ3v) is 2.15. The smallest absolute Gasteiger partial charge is 0.120 e. The van der Waals surface area contributed by atoms with E-state index in [9.17, 15) is 0 Å². The van der Waals surface area contributed by atoms with Crippen molar-refractivity contribution in [1.29, 1.82) is 0 Å². The minimum atomic E-state index is 0.736. The molecule has 0 fully saturated rings. The van der Waals surface area contributed by atoms with Gasteiger partial charge in [0.05, 0.1) is 7.11 Å². The Morgan fingerprint density at radius 2 is 2.29 bits per heavy atom. The molecule has 3 heteroatoms. The van der Waals surface area contributed by atoms with E-state index in [1.807, 2.05) is 24.3 Å². The number of methoxy groups -OCH3 is 1. The van der Waals surface area contributed by atoms with Gasteiger partial charge in [-0.05, 0) is 29.9 Å². The third-order valence-electron chi connectivity index (χ3n) is 1.89. The zero-order valence-electron chi connectivity index (χ0n) is 8.23. The van der Waals surface area contributed by atoms with Gasteiger partial charge in [-0.25, -0.2) is 0 Å². The summed E-state index contributed by atoms with van der Waals surface area (Å²) < 4.78 is 5.06. The first kappa shape index (κ1) is 11.0. The van der Waals surface area contributed by atoms with Crippen LogP contribution in [0.2, 0.25) is 0 Å². The maximum absolute atomic E-state index is 5.83. The molecule has 0 spiro atoms. The van der Waals surface area contributed by atoms with Crippen LogP contribution in [0.15, 0.2) is 24.3 Å². The highest BCUT2D eigenvalue weighted by Crippen LogP contribution is 2.20. The predicted molar refractivity (Wildman–Crippen MR) is 64.9 cm³/mol. The Balaban J connectivity index is 2.78. The summed E-state index contributed by atoms with van der Waals surface area (Å²) in [6.07, 6.45) is 5.02. The van der Waals surface area contributed by atoms with E-state index < -0.39 is 0 Å². The number of allylic oxidation sites excluding steroid dienone is 1. The van der Waals surface area contributed by atoms with E-state index >= 15 is 0 Å². The van der Waals surface area contributed by atoms with Crippen LogP contribution in [-0.2, 0) is 0 Å². The number of anilines is 1. The topological polar surface area (TPSA) is 35.2 Å². The van der Waals surface area contributed by atoms with Gasteiger partial charge >= 0.3 is 0 Å². The van der Waals surface area contributed by atoms with E-state index in [4.69, 9.17) is 10.5 Å². The van der Waals surface area contributed by atoms with Crippen LogP contribution in [0.4, 0.5) is 5.69 Å². The van der Waals surface area contributed by atoms with Crippen molar-refractivity contribution in [3.8, 4) is 5.75 Å². The molecule has 1 aromatic rings. The van der Waals surface area contributed by atoms with Gasteiger partial charge < -0.3 is 10.5 Å². The van der Waals surface area contributed by atoms with Gasteiger partial charge in [-0.15, -0.1) is 0 Å². The van der Waals surface area contributed by atoms with E-state index in [0.29, 0.717) is 0 Å². The third kappa shape index (κ3) is 3.00. The van der Waals surface area contributed by atoms with Crippen molar-refractivity contribution in [2.45, 2.75) is 6.42 Å². The number of rotatable bonds is 4. The molecule has 76 valence electrons. The number of nitrogen functional groups attached to an aromatic ring is 1. The standard InChI is InChI=1S/C11H15NOS/c1-13-10-6-5-9(11(12)8-10)4-2-3-7-14/h2,4-6,8,14H,3,7,12H2,1H3. The molecular weight excluding hydrogens is 194 g/mol. The number of nitrogens with two attached hydrogens (primary N) is 1. The first-order chi connectivity index (χ1) is 6.77. The van der Waals surface area contributed by atoms with Crippen molar-refractivity contribution in [2.75, 3.05) is 18.6 Å². The lowest BCUT2D eigenvalue weighted by Crippen LogP contribution is -1.91. The second-order valence-electron chi connectivity index (χ2n) is 2.91. The number of benzene rings is 1. The first-order valence-electron chi connectivity index (χ1n) is 4.49. The minimum Gasteiger partial charge on any atom is -0.497 e. The Labute approximate surface area is 90.2 Å². The highest BCUT2D eigenvalue weighted by molar-refractivity contribution is 7.80. The zero-order chi connectivity index (χ0) is 10.4. The molecule has 0 amide bonds. The van der Waals surface area contributed by atoms with Crippen molar-refractivity contribution in [3.63, 3.8) is 0 Å². The molecule has 2 nitrogen and oxygen atoms in total. The van der Waals surface area contributed by atoms with Gasteiger partial charge in [0.25, 0.3) is 0 Å². The van der Waals surface area contributed by atoms with Crippen LogP contribution in [0.5, 0.6) is 5.75 Å². The van der Waals surface area contributed by atoms with Gasteiger partial charge in [0.2, 0.25) is 0 Å². The number of hydrogen-bond donors (Lipinski definition) is 2. The minimum absolute atomic E-state index is 0.736. The predicted octanol–water partition coefficient (Wildman–Crippen LogP) is 2.61. The van der Waals surface area contributed by atoms with Crippen molar-refractivity contribution in [2.24, 2.45) is 0 Å². The van der Waals surface area contributed by atoms with E-state index in [1.165, 1.54) is 0 Å². The number of thiol groups is 1. The van der Waals surface area contributed by atoms with Crippen LogP contribution in [0.3, 0.4) is 0 Å². The van der Waals surface area contributed by atoms with Gasteiger partial charge in [0.15, 0.2) is 0 Å². The fourth-order valence-electron chi connectivity index (χ4n) is 1.12. The van der Waals surface area contributed by atoms with Crippen molar-refractivity contribution >= 4 is 24.4 Å². The number of ether oxygens (including phenoxy) is 1. The summed E-state index contributed by atoms with van der Waals surface area (Å²) in [5, 5.41) is 0. The zero-order valence-corrected chi connectivity index (χ0v) is 9.13. The van der Waals surface area contributed by atoms with Gasteiger partial charge in [-0.3, -0.25) is 0 Å². The van der Waals surface area contributed by atoms with Crippen LogP contribution in [-0.4, -0.2) is 12.9 Å². The molecule has 0 bridgehead atoms. The molecule has 0 saturated heterocycles. The maximum atomic E-state index is 5.83. The second kappa shape index (κ2) is 5.60. The van der Waals surface area contributed by atoms with Gasteiger partial charge in [-0.1, -0.05) is 12.2 Å². The quantitative estimate of drug-likeness (QED) is 0.590. The normalized spacial score (nSPS) is 10.7. The van der Waals surface area contributed by atoms with Crippen molar-refractivity contribution in [1.82, 2.24) is 0 Å². The van der Waals surface area contributed by atoms with E-state index in [0.717, 1.165) is 29.2 Å². The molecular formula is C11H15NOS. The average molecular weight is 209 g/mol. The van der Waals surface area contributed by atoms with Crippen LogP contribution < -0.4 is 10.5 Å². The maximum Gasteiger partial charge on any atom is 0.120 e. The highest BCUT2D eigenvalue weighted by atomic mass is 32.1. The van der Waals surface area contributed by atoms with Crippen LogP contribution >= 0.6 is 12.6 Å². The molecule has 0 unspecified atom stereocenters. The van der Waals surface area contributed by atoms with Crippen LogP contribution in [0, 0.1) is 0 Å². The summed E-state index contributed by atoms with van der Waals surface area (Å²) >= 11 is 4.12. The molecule has 0 heterocycles. The lowest BCUT2D eigenvalue weighted by atomic mass is 10.1. The average Bonchev–Trinajstić information content (AvgIpc) is 2.20. The Hall–Kier alpha value is -1.09. The first-order valence-corrected chi connectivity index (χ1v) is 5.12. The summed E-state index contributed by atoms with van der Waals surface area (Å²) in [7, 11) is 1.63. The molecule has 0 saturated carbocycles. The molecule has 0 aliphatic carbocycles. The second-order valence-corrected chi connectivity index (χ2v) is 3.36. The Morgan fingerprint density at radius 3 is 2.86 bits per heavy atom. The number of hydrogen-bond acceptors (Lipinski definition) is 3. The Kier molecular flexibility index (Phi) is 4.40. The lowest BCUT2D eigenvalue weighted by Gasteiger charge is -2.03. The molecule has 14 heavy (non-hydrogen) atoms. The van der Waals surface area contributed by atoms with Crippen molar-refractivity contribution in [3.05, 3.63) is 29.8 Å². The van der Waals surface area contributed by atoms with Gasteiger partial charge in [0, 0.05) is 11.8 Å². The fraction of sp³-hybridized carbons (Fsp3) is 0.273. The van der Waals surface area contributed by atoms with Gasteiger partial charge in [-0.2, -0.15) is 12.6 Å². The fourth-order valence-corrected chi connectivity index (χ4v) is 1.27. The highest BCUT2D eigenvalue weighted by Gasteiger charge is 1.96. The monoisotopic (exact) mass is 209 g/mol. The summed E-state index contributed by atoms with van der Waals surface area (Å²) in [5.74, 6) is 1.64. The SMILES string of the molecule is COc1ccc(C=CCCS)c(N)c1.